The summed E-state index contributed by atoms with van der Waals surface area (Å²) >= 11 is 0. The fourth-order valence-corrected chi connectivity index (χ4v) is 4.24. The first-order valence-corrected chi connectivity index (χ1v) is 7.95. The summed E-state index contributed by atoms with van der Waals surface area (Å²) < 4.78 is 0. The van der Waals surface area contributed by atoms with Crippen LogP contribution >= 0.6 is 0 Å². The molecule has 0 aromatic heterocycles. The zero-order valence-electron chi connectivity index (χ0n) is 12.8. The third-order valence-electron chi connectivity index (χ3n) is 5.75. The van der Waals surface area contributed by atoms with Crippen molar-refractivity contribution in [2.45, 2.75) is 71.9 Å². The lowest BCUT2D eigenvalue weighted by atomic mass is 9.73. The Morgan fingerprint density at radius 2 is 1.78 bits per heavy atom. The Morgan fingerprint density at radius 3 is 2.28 bits per heavy atom. The van der Waals surface area contributed by atoms with Gasteiger partial charge in [0.15, 0.2) is 0 Å². The molecule has 1 heterocycles. The molecule has 0 amide bonds. The highest BCUT2D eigenvalue weighted by Crippen LogP contribution is 2.38. The van der Waals surface area contributed by atoms with Gasteiger partial charge in [-0.1, -0.05) is 34.1 Å². The van der Waals surface area contributed by atoms with Gasteiger partial charge in [-0.25, -0.2) is 0 Å². The second kappa shape index (κ2) is 5.50. The zero-order chi connectivity index (χ0) is 13.3. The minimum absolute atomic E-state index is 0.398. The molecule has 4 unspecified atom stereocenters. The fourth-order valence-electron chi connectivity index (χ4n) is 4.24. The van der Waals surface area contributed by atoms with Crippen LogP contribution in [0.25, 0.3) is 0 Å². The van der Waals surface area contributed by atoms with Crippen molar-refractivity contribution >= 4 is 0 Å². The van der Waals surface area contributed by atoms with E-state index < -0.39 is 0 Å². The Hall–Kier alpha value is -0.0800. The summed E-state index contributed by atoms with van der Waals surface area (Å²) in [5.41, 5.74) is 7.04. The molecule has 2 rings (SSSR count). The summed E-state index contributed by atoms with van der Waals surface area (Å²) in [4.78, 5) is 2.71. The van der Waals surface area contributed by atoms with Crippen LogP contribution in [-0.4, -0.2) is 30.1 Å². The van der Waals surface area contributed by atoms with Gasteiger partial charge in [0.2, 0.25) is 0 Å². The van der Waals surface area contributed by atoms with E-state index in [4.69, 9.17) is 5.73 Å². The molecule has 4 atom stereocenters. The molecule has 1 saturated carbocycles. The number of nitrogens with two attached hydrogens (primary N) is 1. The van der Waals surface area contributed by atoms with E-state index in [1.807, 2.05) is 0 Å². The molecule has 0 aromatic carbocycles. The van der Waals surface area contributed by atoms with Crippen LogP contribution in [-0.2, 0) is 0 Å². The van der Waals surface area contributed by atoms with Gasteiger partial charge in [-0.05, 0) is 56.0 Å². The van der Waals surface area contributed by atoms with Crippen molar-refractivity contribution in [1.29, 1.82) is 0 Å². The van der Waals surface area contributed by atoms with Gasteiger partial charge >= 0.3 is 0 Å². The predicted octanol–water partition coefficient (Wildman–Crippen LogP) is 3.26. The SMILES string of the molecule is CCC1(C)CCN(C2C(C)CC(C)CC2N)CC1. The number of nitrogens with zero attached hydrogens (tertiary/aromatic N) is 1. The van der Waals surface area contributed by atoms with E-state index in [1.54, 1.807) is 0 Å². The summed E-state index contributed by atoms with van der Waals surface area (Å²) in [6.45, 7) is 12.1. The first-order valence-electron chi connectivity index (χ1n) is 7.95. The average Bonchev–Trinajstić information content (AvgIpc) is 2.30. The van der Waals surface area contributed by atoms with Crippen LogP contribution in [0.1, 0.15) is 59.8 Å². The summed E-state index contributed by atoms with van der Waals surface area (Å²) in [6, 6.07) is 1.04. The third kappa shape index (κ3) is 2.91. The van der Waals surface area contributed by atoms with Gasteiger partial charge in [0.1, 0.15) is 0 Å². The van der Waals surface area contributed by atoms with E-state index in [2.05, 4.69) is 32.6 Å². The molecule has 0 aromatic rings. The molecule has 1 aliphatic heterocycles. The summed E-state index contributed by atoms with van der Waals surface area (Å²) in [5.74, 6) is 1.59. The van der Waals surface area contributed by atoms with Gasteiger partial charge in [0.25, 0.3) is 0 Å². The highest BCUT2D eigenvalue weighted by molar-refractivity contribution is 4.95. The second-order valence-corrected chi connectivity index (χ2v) is 7.41. The number of likely N-dealkylation sites (tertiary alicyclic amines) is 1. The highest BCUT2D eigenvalue weighted by Gasteiger charge is 2.38. The minimum atomic E-state index is 0.398. The lowest BCUT2D eigenvalue weighted by Crippen LogP contribution is -2.57. The van der Waals surface area contributed by atoms with Crippen LogP contribution < -0.4 is 5.73 Å². The molecule has 0 bridgehead atoms. The van der Waals surface area contributed by atoms with Crippen LogP contribution in [0.3, 0.4) is 0 Å². The fraction of sp³-hybridized carbons (Fsp3) is 1.00. The van der Waals surface area contributed by atoms with Gasteiger partial charge in [0, 0.05) is 12.1 Å². The van der Waals surface area contributed by atoms with Crippen LogP contribution in [0.15, 0.2) is 0 Å². The Bertz CT molecular complexity index is 256. The molecular formula is C16H32N2. The van der Waals surface area contributed by atoms with Crippen molar-refractivity contribution < 1.29 is 0 Å². The smallest absolute Gasteiger partial charge is 0.0272 e. The Balaban J connectivity index is 1.96. The molecule has 2 N–H and O–H groups in total. The lowest BCUT2D eigenvalue weighted by Gasteiger charge is -2.49. The highest BCUT2D eigenvalue weighted by atomic mass is 15.2. The van der Waals surface area contributed by atoms with Gasteiger partial charge in [-0.3, -0.25) is 4.90 Å². The van der Waals surface area contributed by atoms with Gasteiger partial charge in [-0.15, -0.1) is 0 Å². The molecule has 0 radical (unpaired) electrons. The van der Waals surface area contributed by atoms with E-state index in [9.17, 15) is 0 Å². The summed E-state index contributed by atoms with van der Waals surface area (Å²) in [7, 11) is 0. The third-order valence-corrected chi connectivity index (χ3v) is 5.75. The second-order valence-electron chi connectivity index (χ2n) is 7.41. The van der Waals surface area contributed by atoms with E-state index in [0.29, 0.717) is 17.5 Å². The number of piperidine rings is 1. The summed E-state index contributed by atoms with van der Waals surface area (Å²) in [5, 5.41) is 0. The molecule has 106 valence electrons. The van der Waals surface area contributed by atoms with Crippen molar-refractivity contribution in [1.82, 2.24) is 4.90 Å². The number of hydrogen-bond acceptors (Lipinski definition) is 2. The van der Waals surface area contributed by atoms with Gasteiger partial charge in [-0.2, -0.15) is 0 Å². The quantitative estimate of drug-likeness (QED) is 0.817. The molecule has 2 fully saturated rings. The number of hydrogen-bond donors (Lipinski definition) is 1. The molecule has 1 saturated heterocycles. The molecule has 0 spiro atoms. The van der Waals surface area contributed by atoms with Crippen LogP contribution in [0, 0.1) is 17.3 Å². The Morgan fingerprint density at radius 1 is 1.17 bits per heavy atom. The minimum Gasteiger partial charge on any atom is -0.326 e. The molecule has 1 aliphatic carbocycles. The van der Waals surface area contributed by atoms with Crippen LogP contribution in [0.4, 0.5) is 0 Å². The van der Waals surface area contributed by atoms with Gasteiger partial charge in [0.05, 0.1) is 0 Å². The standard InChI is InChI=1S/C16H32N2/c1-5-16(4)6-8-18(9-7-16)15-13(3)10-12(2)11-14(15)17/h12-15H,5-11,17H2,1-4H3. The van der Waals surface area contributed by atoms with Crippen molar-refractivity contribution in [2.75, 3.05) is 13.1 Å². The van der Waals surface area contributed by atoms with Crippen molar-refractivity contribution in [3.05, 3.63) is 0 Å². The molecule has 2 aliphatic rings. The largest absolute Gasteiger partial charge is 0.326 e. The summed E-state index contributed by atoms with van der Waals surface area (Å²) in [6.07, 6.45) is 6.62. The first kappa shape index (κ1) is 14.3. The first-order chi connectivity index (χ1) is 8.45. The predicted molar refractivity (Wildman–Crippen MR) is 78.5 cm³/mol. The van der Waals surface area contributed by atoms with E-state index in [-0.39, 0.29) is 0 Å². The normalized spacial score (nSPS) is 41.8. The zero-order valence-corrected chi connectivity index (χ0v) is 12.8. The van der Waals surface area contributed by atoms with Crippen LogP contribution in [0.5, 0.6) is 0 Å². The maximum atomic E-state index is 6.45. The van der Waals surface area contributed by atoms with Crippen LogP contribution in [0.2, 0.25) is 0 Å². The van der Waals surface area contributed by atoms with E-state index in [1.165, 1.54) is 45.2 Å². The topological polar surface area (TPSA) is 29.3 Å². The molecular weight excluding hydrogens is 220 g/mol. The Labute approximate surface area is 113 Å². The Kier molecular flexibility index (Phi) is 4.38. The van der Waals surface area contributed by atoms with E-state index in [0.717, 1.165) is 11.8 Å². The average molecular weight is 252 g/mol. The van der Waals surface area contributed by atoms with E-state index >= 15 is 0 Å². The molecule has 2 nitrogen and oxygen atoms in total. The maximum Gasteiger partial charge on any atom is 0.0272 e. The molecule has 18 heavy (non-hydrogen) atoms. The van der Waals surface area contributed by atoms with Gasteiger partial charge < -0.3 is 5.73 Å². The van der Waals surface area contributed by atoms with Crippen molar-refractivity contribution in [3.63, 3.8) is 0 Å². The van der Waals surface area contributed by atoms with Crippen molar-refractivity contribution in [3.8, 4) is 0 Å². The number of rotatable bonds is 2. The van der Waals surface area contributed by atoms with Crippen molar-refractivity contribution in [2.24, 2.45) is 23.0 Å². The lowest BCUT2D eigenvalue weighted by molar-refractivity contribution is 0.0236. The monoisotopic (exact) mass is 252 g/mol. The molecule has 2 heteroatoms. The maximum absolute atomic E-state index is 6.45.